The zero-order valence-electron chi connectivity index (χ0n) is 19.1. The van der Waals surface area contributed by atoms with Crippen molar-refractivity contribution >= 4 is 15.9 Å². The van der Waals surface area contributed by atoms with Crippen molar-refractivity contribution in [1.82, 2.24) is 19.8 Å². The molecule has 0 bridgehead atoms. The first-order valence-corrected chi connectivity index (χ1v) is 12.7. The van der Waals surface area contributed by atoms with Crippen molar-refractivity contribution in [2.45, 2.75) is 37.4 Å². The topological polar surface area (TPSA) is 105 Å². The third-order valence-corrected chi connectivity index (χ3v) is 7.92. The highest BCUT2D eigenvalue weighted by molar-refractivity contribution is 7.89. The number of carbonyl (C=O) groups is 1. The number of nitrogens with one attached hydrogen (secondary N) is 1. The first kappa shape index (κ1) is 22.9. The van der Waals surface area contributed by atoms with Crippen molar-refractivity contribution in [3.63, 3.8) is 0 Å². The summed E-state index contributed by atoms with van der Waals surface area (Å²) in [4.78, 5) is 17.8. The van der Waals surface area contributed by atoms with Gasteiger partial charge in [-0.15, -0.1) is 0 Å². The van der Waals surface area contributed by atoms with Crippen LogP contribution < -0.4 is 5.32 Å². The molecule has 178 valence electrons. The fraction of sp³-hybridized carbons (Fsp3) is 0.192. The van der Waals surface area contributed by atoms with E-state index in [1.807, 2.05) is 61.5 Å². The maximum absolute atomic E-state index is 13.6. The Morgan fingerprint density at radius 1 is 1.00 bits per heavy atom. The molecule has 35 heavy (non-hydrogen) atoms. The summed E-state index contributed by atoms with van der Waals surface area (Å²) in [6, 6.07) is 22.7. The number of sulfonamides is 1. The van der Waals surface area contributed by atoms with E-state index < -0.39 is 22.0 Å². The van der Waals surface area contributed by atoms with Crippen molar-refractivity contribution in [2.75, 3.05) is 0 Å². The van der Waals surface area contributed by atoms with Crippen LogP contribution in [0.5, 0.6) is 0 Å². The number of hydrogen-bond donors (Lipinski definition) is 1. The monoisotopic (exact) mass is 488 g/mol. The predicted octanol–water partition coefficient (Wildman–Crippen LogP) is 3.48. The van der Waals surface area contributed by atoms with Gasteiger partial charge >= 0.3 is 0 Å². The van der Waals surface area contributed by atoms with Gasteiger partial charge < -0.3 is 9.84 Å². The summed E-state index contributed by atoms with van der Waals surface area (Å²) in [6.45, 7) is 2.00. The molecule has 0 saturated carbocycles. The second-order valence-electron chi connectivity index (χ2n) is 8.45. The van der Waals surface area contributed by atoms with Crippen LogP contribution in [0.15, 0.2) is 88.3 Å². The van der Waals surface area contributed by atoms with Crippen LogP contribution in [0, 0.1) is 6.92 Å². The highest BCUT2D eigenvalue weighted by Gasteiger charge is 2.39. The van der Waals surface area contributed by atoms with E-state index in [-0.39, 0.29) is 30.3 Å². The largest absolute Gasteiger partial charge is 0.346 e. The molecule has 5 rings (SSSR count). The van der Waals surface area contributed by atoms with Gasteiger partial charge in [-0.1, -0.05) is 77.5 Å². The van der Waals surface area contributed by atoms with Gasteiger partial charge in [0, 0.05) is 12.1 Å². The number of carbonyl (C=O) groups excluding carboxylic acids is 1. The van der Waals surface area contributed by atoms with Crippen molar-refractivity contribution < 1.29 is 17.7 Å². The molecule has 0 aliphatic carbocycles. The number of aromatic nitrogens is 2. The van der Waals surface area contributed by atoms with Crippen molar-refractivity contribution in [2.24, 2.45) is 0 Å². The van der Waals surface area contributed by atoms with E-state index in [2.05, 4.69) is 15.5 Å². The lowest BCUT2D eigenvalue weighted by molar-refractivity contribution is -0.125. The van der Waals surface area contributed by atoms with E-state index in [9.17, 15) is 13.2 Å². The molecule has 2 heterocycles. The van der Waals surface area contributed by atoms with Crippen molar-refractivity contribution in [3.8, 4) is 11.4 Å². The number of aryl methyl sites for hydroxylation is 1. The molecule has 3 aromatic carbocycles. The van der Waals surface area contributed by atoms with Crippen LogP contribution in [-0.4, -0.2) is 34.8 Å². The Balaban J connectivity index is 1.38. The minimum Gasteiger partial charge on any atom is -0.346 e. The summed E-state index contributed by atoms with van der Waals surface area (Å²) < 4.78 is 33.7. The van der Waals surface area contributed by atoms with Crippen LogP contribution >= 0.6 is 0 Å². The molecule has 9 heteroatoms. The summed E-state index contributed by atoms with van der Waals surface area (Å²) in [7, 11) is -3.91. The number of rotatable bonds is 6. The average Bonchev–Trinajstić information content (AvgIpc) is 3.36. The van der Waals surface area contributed by atoms with Gasteiger partial charge in [-0.25, -0.2) is 8.42 Å². The molecule has 0 fully saturated rings. The van der Waals surface area contributed by atoms with Gasteiger partial charge in [-0.2, -0.15) is 9.29 Å². The van der Waals surface area contributed by atoms with E-state index in [0.717, 1.165) is 22.3 Å². The van der Waals surface area contributed by atoms with Crippen molar-refractivity contribution in [1.29, 1.82) is 0 Å². The van der Waals surface area contributed by atoms with E-state index in [4.69, 9.17) is 4.52 Å². The quantitative estimate of drug-likeness (QED) is 0.446. The van der Waals surface area contributed by atoms with Crippen LogP contribution in [0.25, 0.3) is 11.4 Å². The minimum atomic E-state index is -3.91. The molecule has 8 nitrogen and oxygen atoms in total. The molecule has 0 saturated heterocycles. The first-order chi connectivity index (χ1) is 16.9. The number of hydrogen-bond acceptors (Lipinski definition) is 6. The molecule has 0 unspecified atom stereocenters. The second-order valence-corrected chi connectivity index (χ2v) is 10.3. The molecule has 0 radical (unpaired) electrons. The second kappa shape index (κ2) is 9.44. The van der Waals surface area contributed by atoms with Gasteiger partial charge in [0.2, 0.25) is 27.6 Å². The summed E-state index contributed by atoms with van der Waals surface area (Å²) in [6.07, 6.45) is 0.270. The molecular weight excluding hydrogens is 464 g/mol. The van der Waals surface area contributed by atoms with Crippen LogP contribution in [-0.2, 0) is 34.3 Å². The Labute approximate surface area is 203 Å². The first-order valence-electron chi connectivity index (χ1n) is 11.2. The number of amides is 1. The SMILES string of the molecule is Cc1ccc(S(=O)(=O)N2Cc3ccccc3C[C@H]2C(=O)NCc2nc(-c3ccccc3)no2)cc1. The summed E-state index contributed by atoms with van der Waals surface area (Å²) in [5.41, 5.74) is 3.59. The molecule has 0 spiro atoms. The highest BCUT2D eigenvalue weighted by atomic mass is 32.2. The number of fused-ring (bicyclic) bond motifs is 1. The molecular formula is C26H24N4O4S. The summed E-state index contributed by atoms with van der Waals surface area (Å²) >= 11 is 0. The fourth-order valence-corrected chi connectivity index (χ4v) is 5.70. The smallest absolute Gasteiger partial charge is 0.246 e. The molecule has 1 aliphatic rings. The van der Waals surface area contributed by atoms with Crippen molar-refractivity contribution in [3.05, 3.63) is 101 Å². The molecule has 1 amide bonds. The zero-order chi connectivity index (χ0) is 24.4. The van der Waals surface area contributed by atoms with E-state index >= 15 is 0 Å². The molecule has 1 aromatic heterocycles. The van der Waals surface area contributed by atoms with E-state index in [1.165, 1.54) is 4.31 Å². The Bertz CT molecular complexity index is 1450. The fourth-order valence-electron chi connectivity index (χ4n) is 4.13. The van der Waals surface area contributed by atoms with Crippen LogP contribution in [0.2, 0.25) is 0 Å². The summed E-state index contributed by atoms with van der Waals surface area (Å²) in [5.74, 6) is 0.237. The van der Waals surface area contributed by atoms with Crippen LogP contribution in [0.1, 0.15) is 22.6 Å². The third kappa shape index (κ3) is 4.73. The number of nitrogens with zero attached hydrogens (tertiary/aromatic N) is 3. The van der Waals surface area contributed by atoms with Gasteiger partial charge in [-0.3, -0.25) is 4.79 Å². The Kier molecular flexibility index (Phi) is 6.19. The molecule has 1 aliphatic heterocycles. The third-order valence-electron chi connectivity index (χ3n) is 6.05. The van der Waals surface area contributed by atoms with Gasteiger partial charge in [0.1, 0.15) is 6.04 Å². The van der Waals surface area contributed by atoms with Crippen LogP contribution in [0.3, 0.4) is 0 Å². The molecule has 1 N–H and O–H groups in total. The zero-order valence-corrected chi connectivity index (χ0v) is 19.9. The van der Waals surface area contributed by atoms with Gasteiger partial charge in [0.05, 0.1) is 11.4 Å². The van der Waals surface area contributed by atoms with Gasteiger partial charge in [0.15, 0.2) is 0 Å². The molecule has 1 atom stereocenters. The maximum Gasteiger partial charge on any atom is 0.246 e. The summed E-state index contributed by atoms with van der Waals surface area (Å²) in [5, 5.41) is 6.75. The lowest BCUT2D eigenvalue weighted by atomic mass is 9.95. The van der Waals surface area contributed by atoms with Crippen LogP contribution in [0.4, 0.5) is 0 Å². The average molecular weight is 489 g/mol. The number of benzene rings is 3. The normalized spacial score (nSPS) is 16.0. The standard InChI is InChI=1S/C26H24N4O4S/c1-18-11-13-22(14-12-18)35(32,33)30-17-21-10-6-5-9-20(21)15-23(30)26(31)27-16-24-28-25(29-34-24)19-7-3-2-4-8-19/h2-14,23H,15-17H2,1H3,(H,27,31)/t23-/m0/s1. The minimum absolute atomic E-state index is 0.00473. The molecule has 4 aromatic rings. The Morgan fingerprint density at radius 2 is 1.69 bits per heavy atom. The van der Waals surface area contributed by atoms with Gasteiger partial charge in [0.25, 0.3) is 0 Å². The van der Waals surface area contributed by atoms with E-state index in [0.29, 0.717) is 5.82 Å². The van der Waals surface area contributed by atoms with E-state index in [1.54, 1.807) is 24.3 Å². The van der Waals surface area contributed by atoms with Gasteiger partial charge in [-0.05, 0) is 36.6 Å². The maximum atomic E-state index is 13.6. The Morgan fingerprint density at radius 3 is 2.43 bits per heavy atom. The highest BCUT2D eigenvalue weighted by Crippen LogP contribution is 2.29. The predicted molar refractivity (Wildman–Crippen MR) is 129 cm³/mol. The Hall–Kier alpha value is -3.82. The lowest BCUT2D eigenvalue weighted by Gasteiger charge is -2.35. The lowest BCUT2D eigenvalue weighted by Crippen LogP contribution is -2.52.